The Bertz CT molecular complexity index is 862. The summed E-state index contributed by atoms with van der Waals surface area (Å²) in [6.07, 6.45) is 2.77. The monoisotopic (exact) mass is 379 g/mol. The van der Waals surface area contributed by atoms with Gasteiger partial charge in [0.15, 0.2) is 0 Å². The van der Waals surface area contributed by atoms with Crippen LogP contribution in [0.2, 0.25) is 0 Å². The zero-order valence-electron chi connectivity index (χ0n) is 16.0. The van der Waals surface area contributed by atoms with Crippen molar-refractivity contribution in [3.05, 3.63) is 48.5 Å². The third kappa shape index (κ3) is 4.11. The molecular formula is C22H25N3O3. The second kappa shape index (κ2) is 7.92. The molecule has 1 heterocycles. The Balaban J connectivity index is 1.36. The van der Waals surface area contributed by atoms with E-state index in [4.69, 9.17) is 4.74 Å². The highest BCUT2D eigenvalue weighted by atomic mass is 16.5. The van der Waals surface area contributed by atoms with Gasteiger partial charge in [0.05, 0.1) is 12.8 Å². The topological polar surface area (TPSA) is 70.7 Å². The standard InChI is InChI=1S/C22H25N3O3/c1-28-18-10-6-16(7-11-18)19-4-2-3-5-20(19)24-22(27)23-13-15-12-21(26)25(14-15)17-8-9-17/h2-7,10-11,15,17H,8-9,12-14H2,1H3,(H2,23,24,27). The van der Waals surface area contributed by atoms with Gasteiger partial charge in [0, 0.05) is 37.0 Å². The molecule has 28 heavy (non-hydrogen) atoms. The molecule has 2 N–H and O–H groups in total. The minimum Gasteiger partial charge on any atom is -0.497 e. The molecule has 1 aliphatic carbocycles. The fourth-order valence-corrected chi connectivity index (χ4v) is 3.70. The number of ether oxygens (including phenoxy) is 1. The SMILES string of the molecule is COc1ccc(-c2ccccc2NC(=O)NCC2CC(=O)N(C3CC3)C2)cc1. The molecule has 0 spiro atoms. The van der Waals surface area contributed by atoms with Gasteiger partial charge in [0.1, 0.15) is 5.75 Å². The van der Waals surface area contributed by atoms with Crippen molar-refractivity contribution in [1.82, 2.24) is 10.2 Å². The summed E-state index contributed by atoms with van der Waals surface area (Å²) >= 11 is 0. The summed E-state index contributed by atoms with van der Waals surface area (Å²) in [5.74, 6) is 1.20. The van der Waals surface area contributed by atoms with Gasteiger partial charge in [-0.3, -0.25) is 4.79 Å². The lowest BCUT2D eigenvalue weighted by Gasteiger charge is -2.16. The van der Waals surface area contributed by atoms with E-state index in [1.165, 1.54) is 0 Å². The number of rotatable bonds is 6. The van der Waals surface area contributed by atoms with Gasteiger partial charge < -0.3 is 20.3 Å². The molecule has 1 saturated carbocycles. The Morgan fingerprint density at radius 1 is 1.14 bits per heavy atom. The molecule has 6 heteroatoms. The second-order valence-corrected chi connectivity index (χ2v) is 7.46. The van der Waals surface area contributed by atoms with E-state index in [1.807, 2.05) is 53.4 Å². The van der Waals surface area contributed by atoms with Crippen LogP contribution in [0.5, 0.6) is 5.75 Å². The van der Waals surface area contributed by atoms with Crippen LogP contribution in [-0.4, -0.2) is 43.1 Å². The summed E-state index contributed by atoms with van der Waals surface area (Å²) < 4.78 is 5.21. The smallest absolute Gasteiger partial charge is 0.319 e. The average Bonchev–Trinajstić information content (AvgIpc) is 3.49. The lowest BCUT2D eigenvalue weighted by Crippen LogP contribution is -2.34. The number of benzene rings is 2. The largest absolute Gasteiger partial charge is 0.497 e. The summed E-state index contributed by atoms with van der Waals surface area (Å²) in [6.45, 7) is 1.26. The van der Waals surface area contributed by atoms with Crippen molar-refractivity contribution < 1.29 is 14.3 Å². The molecule has 6 nitrogen and oxygen atoms in total. The number of methoxy groups -OCH3 is 1. The second-order valence-electron chi connectivity index (χ2n) is 7.46. The first kappa shape index (κ1) is 18.3. The van der Waals surface area contributed by atoms with E-state index in [1.54, 1.807) is 7.11 Å². The molecule has 4 rings (SSSR count). The van der Waals surface area contributed by atoms with Crippen LogP contribution < -0.4 is 15.4 Å². The third-order valence-corrected chi connectivity index (χ3v) is 5.35. The van der Waals surface area contributed by atoms with Gasteiger partial charge >= 0.3 is 6.03 Å². The number of anilines is 1. The number of carbonyl (C=O) groups excluding carboxylic acids is 2. The molecule has 2 aromatic carbocycles. The molecular weight excluding hydrogens is 354 g/mol. The van der Waals surface area contributed by atoms with E-state index in [2.05, 4.69) is 10.6 Å². The number of hydrogen-bond acceptors (Lipinski definition) is 3. The van der Waals surface area contributed by atoms with E-state index in [9.17, 15) is 9.59 Å². The Kier molecular flexibility index (Phi) is 5.19. The van der Waals surface area contributed by atoms with Crippen LogP contribution in [0.1, 0.15) is 19.3 Å². The van der Waals surface area contributed by atoms with Crippen molar-refractivity contribution in [1.29, 1.82) is 0 Å². The van der Waals surface area contributed by atoms with E-state index in [0.717, 1.165) is 42.0 Å². The summed E-state index contributed by atoms with van der Waals surface area (Å²) in [7, 11) is 1.64. The van der Waals surface area contributed by atoms with Gasteiger partial charge in [-0.1, -0.05) is 30.3 Å². The van der Waals surface area contributed by atoms with Crippen LogP contribution in [0.15, 0.2) is 48.5 Å². The van der Waals surface area contributed by atoms with Crippen LogP contribution in [0.3, 0.4) is 0 Å². The van der Waals surface area contributed by atoms with Crippen molar-refractivity contribution >= 4 is 17.6 Å². The van der Waals surface area contributed by atoms with Crippen molar-refractivity contribution in [3.8, 4) is 16.9 Å². The highest BCUT2D eigenvalue weighted by Crippen LogP contribution is 2.32. The number of hydrogen-bond donors (Lipinski definition) is 2. The lowest BCUT2D eigenvalue weighted by molar-refractivity contribution is -0.128. The summed E-state index contributed by atoms with van der Waals surface area (Å²) in [4.78, 5) is 26.4. The molecule has 0 radical (unpaired) electrons. The quantitative estimate of drug-likeness (QED) is 0.807. The van der Waals surface area contributed by atoms with Crippen molar-refractivity contribution in [2.45, 2.75) is 25.3 Å². The van der Waals surface area contributed by atoms with E-state index >= 15 is 0 Å². The minimum absolute atomic E-state index is 0.190. The van der Waals surface area contributed by atoms with Crippen LogP contribution in [0.25, 0.3) is 11.1 Å². The van der Waals surface area contributed by atoms with Gasteiger partial charge in [-0.15, -0.1) is 0 Å². The number of carbonyl (C=O) groups is 2. The number of nitrogens with one attached hydrogen (secondary N) is 2. The molecule has 2 aromatic rings. The first-order valence-electron chi connectivity index (χ1n) is 9.72. The molecule has 2 aliphatic rings. The fourth-order valence-electron chi connectivity index (χ4n) is 3.70. The van der Waals surface area contributed by atoms with Gasteiger partial charge in [-0.25, -0.2) is 4.79 Å². The van der Waals surface area contributed by atoms with Gasteiger partial charge in [-0.05, 0) is 36.6 Å². The van der Waals surface area contributed by atoms with Gasteiger partial charge in [0.2, 0.25) is 5.91 Å². The average molecular weight is 379 g/mol. The number of para-hydroxylation sites is 1. The van der Waals surface area contributed by atoms with Crippen LogP contribution in [0.4, 0.5) is 10.5 Å². The summed E-state index contributed by atoms with van der Waals surface area (Å²) in [6, 6.07) is 15.6. The maximum absolute atomic E-state index is 12.4. The van der Waals surface area contributed by atoms with E-state index < -0.39 is 0 Å². The van der Waals surface area contributed by atoms with Gasteiger partial charge in [-0.2, -0.15) is 0 Å². The Labute approximate surface area is 164 Å². The van der Waals surface area contributed by atoms with Gasteiger partial charge in [0.25, 0.3) is 0 Å². The molecule has 3 amide bonds. The zero-order valence-corrected chi connectivity index (χ0v) is 16.0. The molecule has 146 valence electrons. The maximum Gasteiger partial charge on any atom is 0.319 e. The number of likely N-dealkylation sites (tertiary alicyclic amines) is 1. The zero-order chi connectivity index (χ0) is 19.5. The lowest BCUT2D eigenvalue weighted by atomic mass is 10.0. The predicted molar refractivity (Wildman–Crippen MR) is 108 cm³/mol. The predicted octanol–water partition coefficient (Wildman–Crippen LogP) is 3.49. The number of nitrogens with zero attached hydrogens (tertiary/aromatic N) is 1. The highest BCUT2D eigenvalue weighted by Gasteiger charge is 2.39. The van der Waals surface area contributed by atoms with Crippen molar-refractivity contribution in [3.63, 3.8) is 0 Å². The molecule has 0 bridgehead atoms. The fraction of sp³-hybridized carbons (Fsp3) is 0.364. The normalized spacial score (nSPS) is 18.8. The molecule has 2 fully saturated rings. The van der Waals surface area contributed by atoms with Crippen LogP contribution in [0, 0.1) is 5.92 Å². The Morgan fingerprint density at radius 3 is 2.61 bits per heavy atom. The first-order valence-corrected chi connectivity index (χ1v) is 9.72. The molecule has 0 aromatic heterocycles. The van der Waals surface area contributed by atoms with Crippen LogP contribution >= 0.6 is 0 Å². The molecule has 1 saturated heterocycles. The van der Waals surface area contributed by atoms with Crippen molar-refractivity contribution in [2.75, 3.05) is 25.5 Å². The van der Waals surface area contributed by atoms with E-state index in [-0.39, 0.29) is 17.9 Å². The van der Waals surface area contributed by atoms with Crippen LogP contribution in [-0.2, 0) is 4.79 Å². The Morgan fingerprint density at radius 2 is 1.89 bits per heavy atom. The highest BCUT2D eigenvalue weighted by molar-refractivity contribution is 5.94. The molecule has 1 unspecified atom stereocenters. The molecule has 1 aliphatic heterocycles. The first-order chi connectivity index (χ1) is 13.6. The molecule has 1 atom stereocenters. The Hall–Kier alpha value is -3.02. The third-order valence-electron chi connectivity index (χ3n) is 5.35. The van der Waals surface area contributed by atoms with E-state index in [0.29, 0.717) is 19.0 Å². The maximum atomic E-state index is 12.4. The summed E-state index contributed by atoms with van der Waals surface area (Å²) in [5.41, 5.74) is 2.68. The number of urea groups is 1. The minimum atomic E-state index is -0.252. The van der Waals surface area contributed by atoms with Crippen molar-refractivity contribution in [2.24, 2.45) is 5.92 Å². The summed E-state index contributed by atoms with van der Waals surface area (Å²) in [5, 5.41) is 5.86. The number of amides is 3.